The van der Waals surface area contributed by atoms with Crippen LogP contribution in [0.15, 0.2) is 52.2 Å². The van der Waals surface area contributed by atoms with E-state index in [9.17, 15) is 0 Å². The molecule has 0 aliphatic rings. The van der Waals surface area contributed by atoms with Gasteiger partial charge >= 0.3 is 0 Å². The van der Waals surface area contributed by atoms with E-state index in [1.807, 2.05) is 36.4 Å². The van der Waals surface area contributed by atoms with E-state index in [4.69, 9.17) is 9.68 Å². The van der Waals surface area contributed by atoms with Crippen molar-refractivity contribution >= 4 is 22.9 Å². The van der Waals surface area contributed by atoms with E-state index in [1.54, 1.807) is 12.3 Å². The number of hydrogen-bond acceptors (Lipinski definition) is 5. The number of nitriles is 1. The molecule has 0 amide bonds. The molecule has 0 saturated carbocycles. The van der Waals surface area contributed by atoms with Crippen molar-refractivity contribution < 1.29 is 4.42 Å². The standard InChI is InChI=1S/C14H9N3OS/c15-8-11-7-10(5-6-16-11)9-19-14-17-12-3-1-2-4-13(12)18-14/h1-7H,9H2. The first kappa shape index (κ1) is 11.8. The molecule has 92 valence electrons. The molecule has 0 saturated heterocycles. The van der Waals surface area contributed by atoms with Crippen LogP contribution in [0.25, 0.3) is 11.1 Å². The third-order valence-electron chi connectivity index (χ3n) is 2.58. The van der Waals surface area contributed by atoms with E-state index in [1.165, 1.54) is 11.8 Å². The topological polar surface area (TPSA) is 62.7 Å². The minimum atomic E-state index is 0.427. The number of hydrogen-bond donors (Lipinski definition) is 0. The number of thioether (sulfide) groups is 1. The molecule has 0 N–H and O–H groups in total. The van der Waals surface area contributed by atoms with Gasteiger partial charge in [0.05, 0.1) is 0 Å². The van der Waals surface area contributed by atoms with Gasteiger partial charge in [-0.05, 0) is 29.8 Å². The summed E-state index contributed by atoms with van der Waals surface area (Å²) in [6.45, 7) is 0. The Kier molecular flexibility index (Phi) is 3.17. The fourth-order valence-electron chi connectivity index (χ4n) is 1.68. The predicted molar refractivity (Wildman–Crippen MR) is 72.5 cm³/mol. The average Bonchev–Trinajstić information content (AvgIpc) is 2.88. The van der Waals surface area contributed by atoms with Gasteiger partial charge < -0.3 is 4.42 Å². The van der Waals surface area contributed by atoms with Crippen LogP contribution in [0.4, 0.5) is 0 Å². The maximum atomic E-state index is 8.79. The summed E-state index contributed by atoms with van der Waals surface area (Å²) in [6, 6.07) is 13.4. The van der Waals surface area contributed by atoms with Crippen molar-refractivity contribution in [2.24, 2.45) is 0 Å². The molecule has 0 fully saturated rings. The zero-order chi connectivity index (χ0) is 13.1. The zero-order valence-electron chi connectivity index (χ0n) is 9.91. The normalized spacial score (nSPS) is 10.5. The minimum Gasteiger partial charge on any atom is -0.431 e. The molecule has 0 bridgehead atoms. The number of fused-ring (bicyclic) bond motifs is 1. The van der Waals surface area contributed by atoms with Gasteiger partial charge in [0, 0.05) is 11.9 Å². The van der Waals surface area contributed by atoms with Crippen LogP contribution in [0.1, 0.15) is 11.3 Å². The lowest BCUT2D eigenvalue weighted by Gasteiger charge is -1.97. The Bertz CT molecular complexity index is 727. The van der Waals surface area contributed by atoms with Gasteiger partial charge in [-0.3, -0.25) is 0 Å². The number of pyridine rings is 1. The Balaban J connectivity index is 1.76. The number of rotatable bonds is 3. The maximum absolute atomic E-state index is 8.79. The minimum absolute atomic E-state index is 0.427. The lowest BCUT2D eigenvalue weighted by atomic mass is 10.2. The number of para-hydroxylation sites is 2. The molecular formula is C14H9N3OS. The van der Waals surface area contributed by atoms with E-state index in [0.717, 1.165) is 16.7 Å². The van der Waals surface area contributed by atoms with Crippen molar-refractivity contribution in [2.75, 3.05) is 0 Å². The highest BCUT2D eigenvalue weighted by molar-refractivity contribution is 7.98. The van der Waals surface area contributed by atoms with Crippen LogP contribution in [0.2, 0.25) is 0 Å². The maximum Gasteiger partial charge on any atom is 0.257 e. The van der Waals surface area contributed by atoms with Gasteiger partial charge in [-0.25, -0.2) is 9.97 Å². The molecule has 0 spiro atoms. The van der Waals surface area contributed by atoms with E-state index < -0.39 is 0 Å². The van der Waals surface area contributed by atoms with Gasteiger partial charge in [0.1, 0.15) is 17.3 Å². The van der Waals surface area contributed by atoms with E-state index in [2.05, 4.69) is 9.97 Å². The first-order chi connectivity index (χ1) is 9.35. The zero-order valence-corrected chi connectivity index (χ0v) is 10.7. The first-order valence-corrected chi connectivity index (χ1v) is 6.67. The van der Waals surface area contributed by atoms with Crippen LogP contribution in [-0.2, 0) is 5.75 Å². The summed E-state index contributed by atoms with van der Waals surface area (Å²) in [5.41, 5.74) is 3.10. The number of benzene rings is 1. The highest BCUT2D eigenvalue weighted by Gasteiger charge is 2.06. The average molecular weight is 267 g/mol. The monoisotopic (exact) mass is 267 g/mol. The SMILES string of the molecule is N#Cc1cc(CSc2nc3ccccc3o2)ccn1. The molecule has 0 aliphatic carbocycles. The fraction of sp³-hybridized carbons (Fsp3) is 0.0714. The third-order valence-corrected chi connectivity index (χ3v) is 3.47. The molecule has 2 heterocycles. The molecule has 4 nitrogen and oxygen atoms in total. The Labute approximate surface area is 114 Å². The molecule has 0 radical (unpaired) electrons. The molecule has 19 heavy (non-hydrogen) atoms. The molecule has 1 aromatic carbocycles. The number of aromatic nitrogens is 2. The van der Waals surface area contributed by atoms with Gasteiger partial charge in [0.25, 0.3) is 5.22 Å². The first-order valence-electron chi connectivity index (χ1n) is 5.68. The van der Waals surface area contributed by atoms with Crippen molar-refractivity contribution in [3.63, 3.8) is 0 Å². The smallest absolute Gasteiger partial charge is 0.257 e. The van der Waals surface area contributed by atoms with Crippen LogP contribution in [0.5, 0.6) is 0 Å². The van der Waals surface area contributed by atoms with E-state index in [-0.39, 0.29) is 0 Å². The largest absolute Gasteiger partial charge is 0.431 e. The summed E-state index contributed by atoms with van der Waals surface area (Å²) < 4.78 is 5.62. The van der Waals surface area contributed by atoms with Crippen molar-refractivity contribution in [1.82, 2.24) is 9.97 Å². The molecular weight excluding hydrogens is 258 g/mol. The Morgan fingerprint density at radius 1 is 1.26 bits per heavy atom. The second kappa shape index (κ2) is 5.12. The van der Waals surface area contributed by atoms with Gasteiger partial charge in [0.15, 0.2) is 5.58 Å². The summed E-state index contributed by atoms with van der Waals surface area (Å²) in [4.78, 5) is 8.32. The molecule has 0 unspecified atom stereocenters. The highest BCUT2D eigenvalue weighted by atomic mass is 32.2. The highest BCUT2D eigenvalue weighted by Crippen LogP contribution is 2.25. The summed E-state index contributed by atoms with van der Waals surface area (Å²) >= 11 is 1.50. The summed E-state index contributed by atoms with van der Waals surface area (Å²) in [6.07, 6.45) is 1.64. The van der Waals surface area contributed by atoms with Crippen LogP contribution in [0, 0.1) is 11.3 Å². The summed E-state index contributed by atoms with van der Waals surface area (Å²) in [7, 11) is 0. The quantitative estimate of drug-likeness (QED) is 0.681. The lowest BCUT2D eigenvalue weighted by molar-refractivity contribution is 0.489. The van der Waals surface area contributed by atoms with Gasteiger partial charge in [-0.2, -0.15) is 5.26 Å². The Morgan fingerprint density at radius 3 is 3.00 bits per heavy atom. The molecule has 3 rings (SSSR count). The Morgan fingerprint density at radius 2 is 2.16 bits per heavy atom. The molecule has 5 heteroatoms. The van der Waals surface area contributed by atoms with E-state index in [0.29, 0.717) is 16.7 Å². The van der Waals surface area contributed by atoms with Gasteiger partial charge in [-0.1, -0.05) is 23.9 Å². The van der Waals surface area contributed by atoms with Crippen molar-refractivity contribution in [2.45, 2.75) is 11.0 Å². The van der Waals surface area contributed by atoms with Crippen LogP contribution < -0.4 is 0 Å². The third kappa shape index (κ3) is 2.59. The Hall–Kier alpha value is -2.32. The number of nitrogens with zero attached hydrogens (tertiary/aromatic N) is 3. The van der Waals surface area contributed by atoms with Crippen LogP contribution >= 0.6 is 11.8 Å². The van der Waals surface area contributed by atoms with Crippen molar-refractivity contribution in [3.05, 3.63) is 53.9 Å². The fourth-order valence-corrected chi connectivity index (χ4v) is 2.46. The summed E-state index contributed by atoms with van der Waals surface area (Å²) in [5.74, 6) is 0.698. The van der Waals surface area contributed by atoms with Gasteiger partial charge in [0.2, 0.25) is 0 Å². The van der Waals surface area contributed by atoms with Crippen LogP contribution in [-0.4, -0.2) is 9.97 Å². The molecule has 3 aromatic rings. The van der Waals surface area contributed by atoms with Gasteiger partial charge in [-0.15, -0.1) is 0 Å². The van der Waals surface area contributed by atoms with Crippen LogP contribution in [0.3, 0.4) is 0 Å². The summed E-state index contributed by atoms with van der Waals surface area (Å²) in [5, 5.41) is 9.43. The predicted octanol–water partition coefficient (Wildman–Crippen LogP) is 3.39. The van der Waals surface area contributed by atoms with Crippen molar-refractivity contribution in [1.29, 1.82) is 5.26 Å². The lowest BCUT2D eigenvalue weighted by Crippen LogP contribution is -1.86. The molecule has 2 aromatic heterocycles. The van der Waals surface area contributed by atoms with E-state index >= 15 is 0 Å². The molecule has 0 atom stereocenters. The van der Waals surface area contributed by atoms with Crippen molar-refractivity contribution in [3.8, 4) is 6.07 Å². The molecule has 0 aliphatic heterocycles. The second-order valence-electron chi connectivity index (χ2n) is 3.90. The second-order valence-corrected chi connectivity index (χ2v) is 4.82. The number of oxazole rings is 1.